The molecule has 0 saturated heterocycles. The second kappa shape index (κ2) is 4.94. The normalized spacial score (nSPS) is 10.5. The van der Waals surface area contributed by atoms with Gasteiger partial charge in [-0.3, -0.25) is 0 Å². The highest BCUT2D eigenvalue weighted by molar-refractivity contribution is 7.89. The summed E-state index contributed by atoms with van der Waals surface area (Å²) in [6, 6.07) is 6.25. The van der Waals surface area contributed by atoms with E-state index in [1.165, 1.54) is 12.1 Å². The molecule has 0 aromatic heterocycles. The van der Waals surface area contributed by atoms with Gasteiger partial charge in [0.2, 0.25) is 10.0 Å². The fraction of sp³-hybridized carbons (Fsp3) is 0.200. The Morgan fingerprint density at radius 3 is 2.80 bits per heavy atom. The van der Waals surface area contributed by atoms with E-state index in [-0.39, 0.29) is 4.90 Å². The summed E-state index contributed by atoms with van der Waals surface area (Å²) in [5.74, 6) is 5.66. The number of sulfonamides is 1. The SMILES string of the molecule is CNCC#Cc1cccc(S(N)(=O)=O)c1. The van der Waals surface area contributed by atoms with Crippen LogP contribution in [0.2, 0.25) is 0 Å². The molecular formula is C10H12N2O2S. The molecule has 0 spiro atoms. The molecule has 0 bridgehead atoms. The lowest BCUT2D eigenvalue weighted by Crippen LogP contribution is -2.12. The van der Waals surface area contributed by atoms with Crippen LogP contribution in [0.25, 0.3) is 0 Å². The molecule has 0 radical (unpaired) electrons. The number of nitrogens with one attached hydrogen (secondary N) is 1. The monoisotopic (exact) mass is 224 g/mol. The van der Waals surface area contributed by atoms with E-state index >= 15 is 0 Å². The van der Waals surface area contributed by atoms with Gasteiger partial charge in [0, 0.05) is 5.56 Å². The standard InChI is InChI=1S/C10H12N2O2S/c1-12-7-3-5-9-4-2-6-10(8-9)15(11,13)14/h2,4,6,8,12H,7H2,1H3,(H2,11,13,14). The molecule has 1 rings (SSSR count). The molecule has 1 aromatic rings. The molecule has 0 heterocycles. The van der Waals surface area contributed by atoms with Gasteiger partial charge in [0.05, 0.1) is 11.4 Å². The minimum absolute atomic E-state index is 0.0822. The average molecular weight is 224 g/mol. The zero-order chi connectivity index (χ0) is 11.3. The van der Waals surface area contributed by atoms with Crippen LogP contribution in [0, 0.1) is 11.8 Å². The topological polar surface area (TPSA) is 72.2 Å². The van der Waals surface area contributed by atoms with Crippen LogP contribution in [-0.4, -0.2) is 22.0 Å². The molecule has 1 aromatic carbocycles. The Hall–Kier alpha value is -1.35. The third-order valence-corrected chi connectivity index (χ3v) is 2.57. The van der Waals surface area contributed by atoms with Crippen LogP contribution in [0.15, 0.2) is 29.2 Å². The van der Waals surface area contributed by atoms with Crippen LogP contribution in [0.4, 0.5) is 0 Å². The van der Waals surface area contributed by atoms with E-state index in [2.05, 4.69) is 17.2 Å². The smallest absolute Gasteiger partial charge is 0.238 e. The zero-order valence-electron chi connectivity index (χ0n) is 8.32. The lowest BCUT2D eigenvalue weighted by atomic mass is 10.2. The van der Waals surface area contributed by atoms with Gasteiger partial charge in [-0.15, -0.1) is 0 Å². The molecule has 15 heavy (non-hydrogen) atoms. The molecule has 0 aliphatic heterocycles. The Bertz CT molecular complexity index is 498. The quantitative estimate of drug-likeness (QED) is 0.689. The molecule has 5 heteroatoms. The Labute approximate surface area is 89.5 Å². The molecule has 0 aliphatic carbocycles. The van der Waals surface area contributed by atoms with Gasteiger partial charge in [0.1, 0.15) is 0 Å². The van der Waals surface area contributed by atoms with E-state index in [0.29, 0.717) is 12.1 Å². The number of hydrogen-bond acceptors (Lipinski definition) is 3. The van der Waals surface area contributed by atoms with Crippen LogP contribution < -0.4 is 10.5 Å². The van der Waals surface area contributed by atoms with Crippen molar-refractivity contribution in [2.24, 2.45) is 5.14 Å². The van der Waals surface area contributed by atoms with E-state index < -0.39 is 10.0 Å². The minimum atomic E-state index is -3.64. The van der Waals surface area contributed by atoms with Gasteiger partial charge < -0.3 is 5.32 Å². The first-order valence-electron chi connectivity index (χ1n) is 4.30. The van der Waals surface area contributed by atoms with Crippen molar-refractivity contribution >= 4 is 10.0 Å². The summed E-state index contributed by atoms with van der Waals surface area (Å²) in [4.78, 5) is 0.0822. The van der Waals surface area contributed by atoms with Crippen molar-refractivity contribution in [3.8, 4) is 11.8 Å². The van der Waals surface area contributed by atoms with Gasteiger partial charge in [-0.25, -0.2) is 13.6 Å². The maximum atomic E-state index is 11.0. The lowest BCUT2D eigenvalue weighted by molar-refractivity contribution is 0.598. The fourth-order valence-corrected chi connectivity index (χ4v) is 1.54. The Morgan fingerprint density at radius 1 is 1.47 bits per heavy atom. The average Bonchev–Trinajstić information content (AvgIpc) is 2.17. The van der Waals surface area contributed by atoms with Crippen LogP contribution in [0.5, 0.6) is 0 Å². The van der Waals surface area contributed by atoms with Gasteiger partial charge in [0.15, 0.2) is 0 Å². The minimum Gasteiger partial charge on any atom is -0.309 e. The molecule has 4 nitrogen and oxygen atoms in total. The number of primary sulfonamides is 1. The molecule has 0 amide bonds. The molecular weight excluding hydrogens is 212 g/mol. The number of benzene rings is 1. The lowest BCUT2D eigenvalue weighted by Gasteiger charge is -1.97. The van der Waals surface area contributed by atoms with Crippen molar-refractivity contribution in [3.05, 3.63) is 29.8 Å². The summed E-state index contributed by atoms with van der Waals surface area (Å²) in [6.07, 6.45) is 0. The first-order chi connectivity index (χ1) is 7.04. The van der Waals surface area contributed by atoms with Crippen molar-refractivity contribution in [1.82, 2.24) is 5.32 Å². The van der Waals surface area contributed by atoms with Gasteiger partial charge >= 0.3 is 0 Å². The maximum Gasteiger partial charge on any atom is 0.238 e. The zero-order valence-corrected chi connectivity index (χ0v) is 9.14. The maximum absolute atomic E-state index is 11.0. The van der Waals surface area contributed by atoms with Crippen molar-refractivity contribution in [3.63, 3.8) is 0 Å². The molecule has 0 atom stereocenters. The Balaban J connectivity index is 3.00. The van der Waals surface area contributed by atoms with Crippen molar-refractivity contribution < 1.29 is 8.42 Å². The predicted octanol–water partition coefficient (Wildman–Crippen LogP) is -0.0951. The van der Waals surface area contributed by atoms with E-state index in [1.54, 1.807) is 19.2 Å². The van der Waals surface area contributed by atoms with E-state index in [9.17, 15) is 8.42 Å². The van der Waals surface area contributed by atoms with Crippen LogP contribution in [0.3, 0.4) is 0 Å². The third kappa shape index (κ3) is 3.72. The van der Waals surface area contributed by atoms with Gasteiger partial charge in [-0.1, -0.05) is 17.9 Å². The summed E-state index contributed by atoms with van der Waals surface area (Å²) in [5.41, 5.74) is 0.636. The second-order valence-corrected chi connectivity index (χ2v) is 4.47. The number of hydrogen-bond donors (Lipinski definition) is 2. The first kappa shape index (κ1) is 11.7. The summed E-state index contributed by atoms with van der Waals surface area (Å²) in [7, 11) is -1.85. The van der Waals surface area contributed by atoms with Crippen LogP contribution in [0.1, 0.15) is 5.56 Å². The molecule has 80 valence electrons. The predicted molar refractivity (Wildman–Crippen MR) is 58.6 cm³/mol. The first-order valence-corrected chi connectivity index (χ1v) is 5.85. The molecule has 3 N–H and O–H groups in total. The number of rotatable bonds is 2. The summed E-state index contributed by atoms with van der Waals surface area (Å²) in [6.45, 7) is 0.555. The van der Waals surface area contributed by atoms with Gasteiger partial charge in [0.25, 0.3) is 0 Å². The van der Waals surface area contributed by atoms with Crippen molar-refractivity contribution in [1.29, 1.82) is 0 Å². The molecule has 0 aliphatic rings. The Morgan fingerprint density at radius 2 is 2.20 bits per heavy atom. The van der Waals surface area contributed by atoms with E-state index in [4.69, 9.17) is 5.14 Å². The van der Waals surface area contributed by atoms with Crippen molar-refractivity contribution in [2.45, 2.75) is 4.90 Å². The Kier molecular flexibility index (Phi) is 3.86. The van der Waals surface area contributed by atoms with Crippen molar-refractivity contribution in [2.75, 3.05) is 13.6 Å². The van der Waals surface area contributed by atoms with Crippen LogP contribution in [-0.2, 0) is 10.0 Å². The van der Waals surface area contributed by atoms with E-state index in [1.807, 2.05) is 0 Å². The molecule has 0 unspecified atom stereocenters. The highest BCUT2D eigenvalue weighted by Gasteiger charge is 2.06. The summed E-state index contributed by atoms with van der Waals surface area (Å²) in [5, 5.41) is 7.86. The largest absolute Gasteiger partial charge is 0.309 e. The fourth-order valence-electron chi connectivity index (χ4n) is 0.985. The number of nitrogens with two attached hydrogens (primary N) is 1. The molecule has 0 saturated carbocycles. The van der Waals surface area contributed by atoms with Gasteiger partial charge in [-0.2, -0.15) is 0 Å². The van der Waals surface area contributed by atoms with Gasteiger partial charge in [-0.05, 0) is 25.2 Å². The van der Waals surface area contributed by atoms with Crippen LogP contribution >= 0.6 is 0 Å². The van der Waals surface area contributed by atoms with E-state index in [0.717, 1.165) is 0 Å². The summed E-state index contributed by atoms with van der Waals surface area (Å²) < 4.78 is 22.1. The molecule has 0 fully saturated rings. The third-order valence-electron chi connectivity index (χ3n) is 1.66. The summed E-state index contributed by atoms with van der Waals surface area (Å²) >= 11 is 0. The highest BCUT2D eigenvalue weighted by atomic mass is 32.2. The highest BCUT2D eigenvalue weighted by Crippen LogP contribution is 2.08. The second-order valence-electron chi connectivity index (χ2n) is 2.90.